The van der Waals surface area contributed by atoms with E-state index < -0.39 is 0 Å². The van der Waals surface area contributed by atoms with Crippen LogP contribution in [0, 0.1) is 0 Å². The molecule has 0 N–H and O–H groups in total. The Morgan fingerprint density at radius 1 is 0.562 bits per heavy atom. The summed E-state index contributed by atoms with van der Waals surface area (Å²) in [6.45, 7) is 0. The minimum atomic E-state index is 0.194. The van der Waals surface area contributed by atoms with Crippen molar-refractivity contribution in [2.75, 3.05) is 0 Å². The monoisotopic (exact) mass is 500 g/mol. The number of nitrogens with zero attached hydrogens (tertiary/aromatic N) is 2. The van der Waals surface area contributed by atoms with Gasteiger partial charge in [-0.2, -0.15) is 0 Å². The zero-order valence-electron chi connectivity index (χ0n) is 16.8. The van der Waals surface area contributed by atoms with Crippen molar-refractivity contribution in [3.63, 3.8) is 0 Å². The van der Waals surface area contributed by atoms with E-state index in [9.17, 15) is 0 Å². The number of aliphatic imine (C=N–C) groups is 2. The molecule has 1 aromatic heterocycles. The van der Waals surface area contributed by atoms with Crippen LogP contribution < -0.4 is 0 Å². The molecule has 1 heterocycles. The number of furan rings is 1. The number of rotatable bonds is 4. The summed E-state index contributed by atoms with van der Waals surface area (Å²) in [5, 5.41) is 4.75. The first kappa shape index (κ1) is 22.3. The van der Waals surface area contributed by atoms with Gasteiger partial charge in [-0.15, -0.1) is 0 Å². The van der Waals surface area contributed by atoms with Crippen LogP contribution in [0.5, 0.6) is 0 Å². The molecule has 0 aliphatic rings. The molecule has 5 aromatic rings. The van der Waals surface area contributed by atoms with Crippen LogP contribution >= 0.6 is 20.2 Å². The first-order valence-electron chi connectivity index (χ1n) is 9.76. The molecule has 160 valence electrons. The molecule has 0 amide bonds. The van der Waals surface area contributed by atoms with Gasteiger partial charge in [0.1, 0.15) is 11.5 Å². The Bertz CT molecular complexity index is 1290. The maximum absolute atomic E-state index is 5.80. The van der Waals surface area contributed by atoms with E-state index in [1.54, 1.807) is 12.4 Å². The molecule has 0 atom stereocenters. The normalized spacial score (nSPS) is 11.4. The molecular formula is C26H18Cl2FeN2O. The van der Waals surface area contributed by atoms with Gasteiger partial charge in [-0.3, -0.25) is 9.98 Å². The van der Waals surface area contributed by atoms with Crippen molar-refractivity contribution < 1.29 is 17.6 Å². The second-order valence-electron chi connectivity index (χ2n) is 6.87. The van der Waals surface area contributed by atoms with E-state index in [2.05, 4.69) is 58.5 Å². The molecule has 0 fully saturated rings. The number of benzene rings is 4. The fourth-order valence-electron chi connectivity index (χ4n) is 3.30. The fourth-order valence-corrected chi connectivity index (χ4v) is 3.30. The molecule has 0 saturated carbocycles. The van der Waals surface area contributed by atoms with Crippen molar-refractivity contribution in [2.24, 2.45) is 9.98 Å². The zero-order chi connectivity index (χ0) is 22.2. The summed E-state index contributed by atoms with van der Waals surface area (Å²) < 4.78 is 5.80. The van der Waals surface area contributed by atoms with Crippen molar-refractivity contribution in [2.45, 2.75) is 0 Å². The summed E-state index contributed by atoms with van der Waals surface area (Å²) in [4.78, 5) is 9.06. The molecule has 3 nitrogen and oxygen atoms in total. The van der Waals surface area contributed by atoms with E-state index in [-0.39, 0.29) is 13.1 Å². The van der Waals surface area contributed by atoms with Gasteiger partial charge in [-0.1, -0.05) is 60.7 Å². The molecule has 0 bridgehead atoms. The van der Waals surface area contributed by atoms with Crippen molar-refractivity contribution in [1.29, 1.82) is 0 Å². The number of fused-ring (bicyclic) bond motifs is 2. The Hall–Kier alpha value is -2.88. The van der Waals surface area contributed by atoms with Gasteiger partial charge in [0.2, 0.25) is 0 Å². The molecular weight excluding hydrogens is 483 g/mol. The van der Waals surface area contributed by atoms with E-state index in [1.165, 1.54) is 21.5 Å². The summed E-state index contributed by atoms with van der Waals surface area (Å²) in [5.74, 6) is 1.39. The molecule has 0 aliphatic heterocycles. The molecule has 0 saturated heterocycles. The van der Waals surface area contributed by atoms with Crippen LogP contribution in [0.25, 0.3) is 21.5 Å². The molecule has 32 heavy (non-hydrogen) atoms. The topological polar surface area (TPSA) is 37.9 Å². The Kier molecular flexibility index (Phi) is 7.76. The van der Waals surface area contributed by atoms with Crippen LogP contribution in [0.15, 0.2) is 111 Å². The molecule has 6 heteroatoms. The van der Waals surface area contributed by atoms with Crippen LogP contribution in [0.3, 0.4) is 0 Å². The molecule has 4 aromatic carbocycles. The third-order valence-corrected chi connectivity index (χ3v) is 4.80. The quantitative estimate of drug-likeness (QED) is 0.180. The average Bonchev–Trinajstić information content (AvgIpc) is 3.29. The van der Waals surface area contributed by atoms with Crippen molar-refractivity contribution in [3.05, 3.63) is 109 Å². The van der Waals surface area contributed by atoms with E-state index >= 15 is 0 Å². The van der Waals surface area contributed by atoms with Crippen molar-refractivity contribution in [3.8, 4) is 0 Å². The SMILES string of the molecule is C(=Nc1ccc2ccccc2c1)c1ccc(C=Nc2ccc3ccccc3c2)o1.[Cl][Fe][Cl]. The van der Waals surface area contributed by atoms with Gasteiger partial charge in [-0.25, -0.2) is 0 Å². The van der Waals surface area contributed by atoms with Gasteiger partial charge in [0.05, 0.1) is 23.8 Å². The van der Waals surface area contributed by atoms with Gasteiger partial charge in [0, 0.05) is 0 Å². The van der Waals surface area contributed by atoms with Crippen molar-refractivity contribution >= 4 is 65.5 Å². The predicted molar refractivity (Wildman–Crippen MR) is 133 cm³/mol. The van der Waals surface area contributed by atoms with Gasteiger partial charge in [0.25, 0.3) is 0 Å². The van der Waals surface area contributed by atoms with Gasteiger partial charge < -0.3 is 4.42 Å². The van der Waals surface area contributed by atoms with Crippen LogP contribution in [-0.4, -0.2) is 12.4 Å². The van der Waals surface area contributed by atoms with Gasteiger partial charge in [0.15, 0.2) is 0 Å². The summed E-state index contributed by atoms with van der Waals surface area (Å²) >= 11 is 0.194. The maximum atomic E-state index is 5.80. The summed E-state index contributed by atoms with van der Waals surface area (Å²) in [7, 11) is 9.53. The Labute approximate surface area is 201 Å². The Morgan fingerprint density at radius 3 is 1.41 bits per heavy atom. The van der Waals surface area contributed by atoms with E-state index in [0.717, 1.165) is 11.4 Å². The van der Waals surface area contributed by atoms with Gasteiger partial charge in [-0.05, 0) is 57.9 Å². The van der Waals surface area contributed by atoms with Gasteiger partial charge >= 0.3 is 33.3 Å². The zero-order valence-corrected chi connectivity index (χ0v) is 19.4. The summed E-state index contributed by atoms with van der Waals surface area (Å²) in [6.07, 6.45) is 3.47. The third-order valence-electron chi connectivity index (χ3n) is 4.80. The van der Waals surface area contributed by atoms with Crippen LogP contribution in [-0.2, 0) is 13.1 Å². The number of hydrogen-bond donors (Lipinski definition) is 0. The molecule has 0 radical (unpaired) electrons. The Morgan fingerprint density at radius 2 is 0.969 bits per heavy atom. The first-order valence-corrected chi connectivity index (χ1v) is 12.8. The van der Waals surface area contributed by atoms with Crippen LogP contribution in [0.2, 0.25) is 0 Å². The summed E-state index contributed by atoms with van der Waals surface area (Å²) in [5.41, 5.74) is 1.79. The Balaban J connectivity index is 0.000000775. The third kappa shape index (κ3) is 5.87. The van der Waals surface area contributed by atoms with E-state index in [0.29, 0.717) is 11.5 Å². The fraction of sp³-hybridized carbons (Fsp3) is 0. The molecule has 0 spiro atoms. The standard InChI is InChI=1S/C26H18N2O.2ClH.Fe/c1-3-7-21-15-23(11-9-19(21)5-1)27-17-25-13-14-26(29-25)18-28-24-12-10-20-6-2-4-8-22(20)16-24;;;/h1-18H;2*1H;/q;;;+2/p-2. The van der Waals surface area contributed by atoms with Crippen LogP contribution in [0.1, 0.15) is 11.5 Å². The minimum absolute atomic E-state index is 0.194. The number of hydrogen-bond acceptors (Lipinski definition) is 3. The molecule has 5 rings (SSSR count). The molecule has 0 unspecified atom stereocenters. The molecule has 0 aliphatic carbocycles. The first-order chi connectivity index (χ1) is 15.7. The number of halogens is 2. The average molecular weight is 501 g/mol. The van der Waals surface area contributed by atoms with Crippen molar-refractivity contribution in [1.82, 2.24) is 0 Å². The second-order valence-corrected chi connectivity index (χ2v) is 8.69. The van der Waals surface area contributed by atoms with Crippen LogP contribution in [0.4, 0.5) is 11.4 Å². The predicted octanol–water partition coefficient (Wildman–Crippen LogP) is 8.46. The van der Waals surface area contributed by atoms with E-state index in [1.807, 2.05) is 48.5 Å². The second kappa shape index (κ2) is 11.1. The summed E-state index contributed by atoms with van der Waals surface area (Å²) in [6, 6.07) is 32.6. The van der Waals surface area contributed by atoms with E-state index in [4.69, 9.17) is 24.6 Å².